The molecule has 0 bridgehead atoms. The molecule has 1 N–H and O–H groups in total. The number of hydrogen-bond acceptors (Lipinski definition) is 3. The molecule has 0 fully saturated rings. The minimum Gasteiger partial charge on any atom is -0.310 e. The summed E-state index contributed by atoms with van der Waals surface area (Å²) in [6.07, 6.45) is 5.21. The summed E-state index contributed by atoms with van der Waals surface area (Å²) in [5.74, 6) is 0.498. The molecule has 3 nitrogen and oxygen atoms in total. The van der Waals surface area contributed by atoms with E-state index in [-0.39, 0.29) is 5.82 Å². The van der Waals surface area contributed by atoms with Crippen molar-refractivity contribution in [2.24, 2.45) is 0 Å². The van der Waals surface area contributed by atoms with Crippen LogP contribution in [0.4, 0.5) is 4.39 Å². The molecule has 1 aromatic carbocycles. The van der Waals surface area contributed by atoms with Crippen molar-refractivity contribution in [1.82, 2.24) is 15.3 Å². The normalized spacial score (nSPS) is 17.6. The predicted octanol–water partition coefficient (Wildman–Crippen LogP) is 3.58. The number of hydrogen-bond donors (Lipinski definition) is 1. The van der Waals surface area contributed by atoms with Gasteiger partial charge in [0.2, 0.25) is 0 Å². The maximum Gasteiger partial charge on any atom is 0.159 e. The Morgan fingerprint density at radius 3 is 3.00 bits per heavy atom. The lowest BCUT2D eigenvalue weighted by Crippen LogP contribution is -2.25. The van der Waals surface area contributed by atoms with E-state index >= 15 is 0 Å². The van der Waals surface area contributed by atoms with Gasteiger partial charge in [-0.05, 0) is 56.5 Å². The van der Waals surface area contributed by atoms with Crippen molar-refractivity contribution in [2.75, 3.05) is 6.54 Å². The third-order valence-electron chi connectivity index (χ3n) is 4.05. The third kappa shape index (κ3) is 2.81. The van der Waals surface area contributed by atoms with Crippen molar-refractivity contribution in [3.63, 3.8) is 0 Å². The van der Waals surface area contributed by atoms with Gasteiger partial charge in [0.15, 0.2) is 5.82 Å². The van der Waals surface area contributed by atoms with Gasteiger partial charge in [-0.3, -0.25) is 0 Å². The van der Waals surface area contributed by atoms with Gasteiger partial charge >= 0.3 is 0 Å². The van der Waals surface area contributed by atoms with E-state index in [4.69, 9.17) is 4.98 Å². The lowest BCUT2D eigenvalue weighted by Gasteiger charge is -2.25. The van der Waals surface area contributed by atoms with Crippen LogP contribution in [0.15, 0.2) is 24.4 Å². The van der Waals surface area contributed by atoms with Crippen molar-refractivity contribution in [3.8, 4) is 11.4 Å². The monoisotopic (exact) mass is 285 g/mol. The van der Waals surface area contributed by atoms with E-state index in [9.17, 15) is 4.39 Å². The van der Waals surface area contributed by atoms with Crippen LogP contribution < -0.4 is 5.32 Å². The Kier molecular flexibility index (Phi) is 3.97. The third-order valence-corrected chi connectivity index (χ3v) is 4.05. The fraction of sp³-hybridized carbons (Fsp3) is 0.412. The molecule has 0 aliphatic heterocycles. The number of nitrogens with zero attached hydrogens (tertiary/aromatic N) is 2. The Morgan fingerprint density at radius 1 is 1.38 bits per heavy atom. The standard InChI is InChI=1S/C17H20FN3/c1-3-19-15-5-4-6-16-13(15)10-20-17(21-16)12-7-8-14(18)11(2)9-12/h7-10,15,19H,3-6H2,1-2H3. The van der Waals surface area contributed by atoms with Gasteiger partial charge in [-0.1, -0.05) is 6.92 Å². The zero-order chi connectivity index (χ0) is 14.8. The first-order chi connectivity index (χ1) is 10.2. The average Bonchev–Trinajstić information content (AvgIpc) is 2.50. The lowest BCUT2D eigenvalue weighted by molar-refractivity contribution is 0.464. The van der Waals surface area contributed by atoms with Gasteiger partial charge < -0.3 is 5.32 Å². The van der Waals surface area contributed by atoms with Crippen molar-refractivity contribution < 1.29 is 4.39 Å². The quantitative estimate of drug-likeness (QED) is 0.936. The van der Waals surface area contributed by atoms with Gasteiger partial charge in [0, 0.05) is 29.1 Å². The molecule has 1 atom stereocenters. The molecule has 1 aliphatic rings. The molecule has 2 aromatic rings. The molecule has 4 heteroatoms. The molecule has 0 saturated carbocycles. The van der Waals surface area contributed by atoms with E-state index < -0.39 is 0 Å². The van der Waals surface area contributed by atoms with Crippen molar-refractivity contribution in [2.45, 2.75) is 39.2 Å². The highest BCUT2D eigenvalue weighted by Gasteiger charge is 2.21. The second kappa shape index (κ2) is 5.90. The topological polar surface area (TPSA) is 37.8 Å². The summed E-state index contributed by atoms with van der Waals surface area (Å²) in [4.78, 5) is 9.21. The summed E-state index contributed by atoms with van der Waals surface area (Å²) in [7, 11) is 0. The predicted molar refractivity (Wildman–Crippen MR) is 81.5 cm³/mol. The van der Waals surface area contributed by atoms with E-state index in [1.54, 1.807) is 13.0 Å². The zero-order valence-electron chi connectivity index (χ0n) is 12.5. The molecule has 0 radical (unpaired) electrons. The molecule has 1 unspecified atom stereocenters. The molecular weight excluding hydrogens is 265 g/mol. The van der Waals surface area contributed by atoms with Gasteiger partial charge in [0.1, 0.15) is 5.82 Å². The van der Waals surface area contributed by atoms with E-state index in [0.29, 0.717) is 17.4 Å². The van der Waals surface area contributed by atoms with E-state index in [1.807, 2.05) is 12.3 Å². The van der Waals surface area contributed by atoms with Crippen LogP contribution in [0, 0.1) is 12.7 Å². The summed E-state index contributed by atoms with van der Waals surface area (Å²) < 4.78 is 13.4. The van der Waals surface area contributed by atoms with Gasteiger partial charge in [0.25, 0.3) is 0 Å². The first-order valence-electron chi connectivity index (χ1n) is 7.54. The molecule has 3 rings (SSSR count). The molecular formula is C17H20FN3. The highest BCUT2D eigenvalue weighted by Crippen LogP contribution is 2.29. The van der Waals surface area contributed by atoms with Gasteiger partial charge in [-0.25, -0.2) is 14.4 Å². The summed E-state index contributed by atoms with van der Waals surface area (Å²) >= 11 is 0. The van der Waals surface area contributed by atoms with Crippen molar-refractivity contribution >= 4 is 0 Å². The van der Waals surface area contributed by atoms with E-state index in [1.165, 1.54) is 11.6 Å². The molecule has 110 valence electrons. The minimum atomic E-state index is -0.191. The Morgan fingerprint density at radius 2 is 2.24 bits per heavy atom. The van der Waals surface area contributed by atoms with Crippen LogP contribution in [-0.4, -0.2) is 16.5 Å². The summed E-state index contributed by atoms with van der Waals surface area (Å²) in [5, 5.41) is 3.49. The van der Waals surface area contributed by atoms with Crippen molar-refractivity contribution in [3.05, 3.63) is 47.0 Å². The number of nitrogens with one attached hydrogen (secondary N) is 1. The Bertz CT molecular complexity index is 654. The number of aryl methyl sites for hydroxylation is 2. The molecule has 1 aromatic heterocycles. The lowest BCUT2D eigenvalue weighted by atomic mass is 9.92. The fourth-order valence-corrected chi connectivity index (χ4v) is 2.93. The number of halogens is 1. The van der Waals surface area contributed by atoms with E-state index in [0.717, 1.165) is 37.1 Å². The first kappa shape index (κ1) is 14.1. The molecule has 1 heterocycles. The Balaban J connectivity index is 1.97. The Hall–Kier alpha value is -1.81. The van der Waals surface area contributed by atoms with Gasteiger partial charge in [-0.2, -0.15) is 0 Å². The largest absolute Gasteiger partial charge is 0.310 e. The molecule has 0 spiro atoms. The average molecular weight is 285 g/mol. The maximum atomic E-state index is 13.4. The maximum absolute atomic E-state index is 13.4. The van der Waals surface area contributed by atoms with Crippen LogP contribution in [0.3, 0.4) is 0 Å². The van der Waals surface area contributed by atoms with Crippen LogP contribution in [0.25, 0.3) is 11.4 Å². The summed E-state index contributed by atoms with van der Waals surface area (Å²) in [5.41, 5.74) is 3.84. The second-order valence-electron chi connectivity index (χ2n) is 5.56. The number of benzene rings is 1. The molecule has 0 saturated heterocycles. The smallest absolute Gasteiger partial charge is 0.159 e. The molecule has 21 heavy (non-hydrogen) atoms. The number of aromatic nitrogens is 2. The van der Waals surface area contributed by atoms with Gasteiger partial charge in [-0.15, -0.1) is 0 Å². The summed E-state index contributed by atoms with van der Waals surface area (Å²) in [6, 6.07) is 5.40. The van der Waals surface area contributed by atoms with Crippen LogP contribution in [0.5, 0.6) is 0 Å². The fourth-order valence-electron chi connectivity index (χ4n) is 2.93. The highest BCUT2D eigenvalue weighted by atomic mass is 19.1. The molecule has 0 amide bonds. The van der Waals surface area contributed by atoms with Crippen LogP contribution in [0.1, 0.15) is 42.6 Å². The Labute approximate surface area is 124 Å². The second-order valence-corrected chi connectivity index (χ2v) is 5.56. The SMILES string of the molecule is CCNC1CCCc2nc(-c3ccc(F)c(C)c3)ncc21. The van der Waals surface area contributed by atoms with E-state index in [2.05, 4.69) is 17.2 Å². The van der Waals surface area contributed by atoms with Crippen LogP contribution in [-0.2, 0) is 6.42 Å². The van der Waals surface area contributed by atoms with Crippen molar-refractivity contribution in [1.29, 1.82) is 0 Å². The minimum absolute atomic E-state index is 0.191. The number of rotatable bonds is 3. The van der Waals surface area contributed by atoms with Crippen LogP contribution in [0.2, 0.25) is 0 Å². The first-order valence-corrected chi connectivity index (χ1v) is 7.54. The molecule has 1 aliphatic carbocycles. The van der Waals surface area contributed by atoms with Gasteiger partial charge in [0.05, 0.1) is 0 Å². The number of fused-ring (bicyclic) bond motifs is 1. The highest BCUT2D eigenvalue weighted by molar-refractivity contribution is 5.56. The zero-order valence-corrected chi connectivity index (χ0v) is 12.5. The summed E-state index contributed by atoms with van der Waals surface area (Å²) in [6.45, 7) is 4.83. The van der Waals surface area contributed by atoms with Crippen LogP contribution >= 0.6 is 0 Å².